The zero-order valence-corrected chi connectivity index (χ0v) is 9.87. The summed E-state index contributed by atoms with van der Waals surface area (Å²) in [7, 11) is 0. The Morgan fingerprint density at radius 2 is 2.22 bits per heavy atom. The van der Waals surface area contributed by atoms with Gasteiger partial charge in [0.25, 0.3) is 5.69 Å². The van der Waals surface area contributed by atoms with Crippen molar-refractivity contribution in [3.63, 3.8) is 0 Å². The first-order valence-corrected chi connectivity index (χ1v) is 5.40. The molecule has 18 heavy (non-hydrogen) atoms. The number of hydrogen-bond acceptors (Lipinski definition) is 4. The summed E-state index contributed by atoms with van der Waals surface area (Å²) in [6.45, 7) is 0.146. The lowest BCUT2D eigenvalue weighted by molar-refractivity contribution is -0.384. The third-order valence-corrected chi connectivity index (χ3v) is 2.73. The molecule has 2 aromatic rings. The van der Waals surface area contributed by atoms with Crippen LogP contribution in [0.15, 0.2) is 41.5 Å². The minimum atomic E-state index is -0.508. The second kappa shape index (κ2) is 4.97. The smallest absolute Gasteiger partial charge is 0.295 e. The Labute approximate surface area is 107 Å². The van der Waals surface area contributed by atoms with Crippen molar-refractivity contribution in [2.75, 3.05) is 0 Å². The van der Waals surface area contributed by atoms with Crippen LogP contribution in [-0.2, 0) is 6.54 Å². The van der Waals surface area contributed by atoms with E-state index in [-0.39, 0.29) is 12.2 Å². The number of non-ortho nitro benzene ring substituents is 1. The molecule has 0 unspecified atom stereocenters. The summed E-state index contributed by atoms with van der Waals surface area (Å²) in [6.07, 6.45) is 2.93. The molecule has 1 heterocycles. The van der Waals surface area contributed by atoms with E-state index in [1.54, 1.807) is 12.3 Å². The Morgan fingerprint density at radius 1 is 1.44 bits per heavy atom. The molecule has 0 radical (unpaired) electrons. The highest BCUT2D eigenvalue weighted by molar-refractivity contribution is 6.31. The molecular formula is C11H8ClN3O3. The number of nitro benzene ring substituents is 1. The van der Waals surface area contributed by atoms with E-state index >= 15 is 0 Å². The van der Waals surface area contributed by atoms with Gasteiger partial charge in [0.1, 0.15) is 0 Å². The Bertz CT molecular complexity index is 654. The maximum Gasteiger partial charge on any atom is 0.347 e. The molecule has 0 atom stereocenters. The number of rotatable bonds is 3. The number of halogens is 1. The molecule has 0 saturated heterocycles. The Kier molecular flexibility index (Phi) is 3.38. The van der Waals surface area contributed by atoms with E-state index in [0.717, 1.165) is 0 Å². The molecule has 92 valence electrons. The van der Waals surface area contributed by atoms with Gasteiger partial charge in [-0.2, -0.15) is 0 Å². The summed E-state index contributed by atoms with van der Waals surface area (Å²) < 4.78 is 1.32. The fraction of sp³-hybridized carbons (Fsp3) is 0.0909. The monoisotopic (exact) mass is 265 g/mol. The number of hydrogen-bond donors (Lipinski definition) is 0. The fourth-order valence-electron chi connectivity index (χ4n) is 1.49. The van der Waals surface area contributed by atoms with E-state index in [0.29, 0.717) is 10.6 Å². The van der Waals surface area contributed by atoms with Crippen LogP contribution in [-0.4, -0.2) is 14.5 Å². The van der Waals surface area contributed by atoms with Gasteiger partial charge in [-0.3, -0.25) is 14.7 Å². The first-order valence-electron chi connectivity index (χ1n) is 5.02. The van der Waals surface area contributed by atoms with E-state index in [4.69, 9.17) is 11.6 Å². The van der Waals surface area contributed by atoms with Gasteiger partial charge < -0.3 is 0 Å². The van der Waals surface area contributed by atoms with Crippen molar-refractivity contribution in [2.45, 2.75) is 6.54 Å². The van der Waals surface area contributed by atoms with Gasteiger partial charge in [-0.05, 0) is 17.7 Å². The van der Waals surface area contributed by atoms with Crippen LogP contribution in [0.4, 0.5) is 5.69 Å². The van der Waals surface area contributed by atoms with Crippen LogP contribution in [0.3, 0.4) is 0 Å². The van der Waals surface area contributed by atoms with Crippen molar-refractivity contribution in [2.24, 2.45) is 0 Å². The van der Waals surface area contributed by atoms with Gasteiger partial charge in [0.05, 0.1) is 11.5 Å². The predicted octanol–water partition coefficient (Wildman–Crippen LogP) is 1.85. The van der Waals surface area contributed by atoms with Crippen molar-refractivity contribution in [1.29, 1.82) is 0 Å². The number of nitrogens with zero attached hydrogens (tertiary/aromatic N) is 3. The van der Waals surface area contributed by atoms with Gasteiger partial charge >= 0.3 is 5.69 Å². The van der Waals surface area contributed by atoms with Crippen molar-refractivity contribution in [3.05, 3.63) is 67.8 Å². The van der Waals surface area contributed by atoms with Crippen LogP contribution >= 0.6 is 11.6 Å². The Hall–Kier alpha value is -2.21. The van der Waals surface area contributed by atoms with Crippen LogP contribution in [0.1, 0.15) is 5.56 Å². The molecule has 0 aliphatic carbocycles. The van der Waals surface area contributed by atoms with Crippen LogP contribution < -0.4 is 5.69 Å². The van der Waals surface area contributed by atoms with Crippen LogP contribution in [0.5, 0.6) is 0 Å². The summed E-state index contributed by atoms with van der Waals surface area (Å²) in [6, 6.07) is 5.71. The highest BCUT2D eigenvalue weighted by Gasteiger charge is 2.10. The maximum absolute atomic E-state index is 11.4. The molecule has 0 aliphatic rings. The van der Waals surface area contributed by atoms with Gasteiger partial charge in [0.15, 0.2) is 0 Å². The molecule has 7 heteroatoms. The molecule has 1 aromatic carbocycles. The second-order valence-electron chi connectivity index (χ2n) is 3.56. The Morgan fingerprint density at radius 3 is 2.89 bits per heavy atom. The molecule has 0 aliphatic heterocycles. The molecule has 0 amide bonds. The molecule has 0 N–H and O–H groups in total. The zero-order valence-electron chi connectivity index (χ0n) is 9.12. The third kappa shape index (κ3) is 2.54. The third-order valence-electron chi connectivity index (χ3n) is 2.36. The van der Waals surface area contributed by atoms with Crippen molar-refractivity contribution < 1.29 is 4.92 Å². The molecule has 2 rings (SSSR count). The van der Waals surface area contributed by atoms with Crippen LogP contribution in [0.2, 0.25) is 5.02 Å². The highest BCUT2D eigenvalue weighted by atomic mass is 35.5. The molecule has 0 fully saturated rings. The number of aromatic nitrogens is 2. The average molecular weight is 266 g/mol. The standard InChI is InChI=1S/C11H8ClN3O3/c12-10-3-2-9(15(17)18)6-8(10)7-14-5-1-4-13-11(14)16/h1-6H,7H2. The van der Waals surface area contributed by atoms with Crippen LogP contribution in [0.25, 0.3) is 0 Å². The van der Waals surface area contributed by atoms with E-state index in [2.05, 4.69) is 4.98 Å². The SMILES string of the molecule is O=c1ncccn1Cc1cc([N+](=O)[O-])ccc1Cl. The molecule has 6 nitrogen and oxygen atoms in total. The van der Waals surface area contributed by atoms with Gasteiger partial charge in [0.2, 0.25) is 0 Å². The summed E-state index contributed by atoms with van der Waals surface area (Å²) in [5.74, 6) is 0. The second-order valence-corrected chi connectivity index (χ2v) is 3.97. The van der Waals surface area contributed by atoms with Crippen molar-refractivity contribution in [1.82, 2.24) is 9.55 Å². The summed E-state index contributed by atoms with van der Waals surface area (Å²) in [5.41, 5.74) is 0.00683. The first kappa shape index (κ1) is 12.3. The zero-order chi connectivity index (χ0) is 13.1. The maximum atomic E-state index is 11.4. The minimum Gasteiger partial charge on any atom is -0.295 e. The van der Waals surface area contributed by atoms with Gasteiger partial charge in [-0.15, -0.1) is 0 Å². The lowest BCUT2D eigenvalue weighted by Gasteiger charge is -2.06. The molecule has 1 aromatic heterocycles. The summed E-state index contributed by atoms with van der Waals surface area (Å²) in [4.78, 5) is 25.2. The fourth-order valence-corrected chi connectivity index (χ4v) is 1.66. The Balaban J connectivity index is 2.40. The first-order chi connectivity index (χ1) is 8.58. The van der Waals surface area contributed by atoms with E-state index in [1.165, 1.54) is 29.0 Å². The average Bonchev–Trinajstić information content (AvgIpc) is 2.34. The summed E-state index contributed by atoms with van der Waals surface area (Å²) >= 11 is 5.94. The highest BCUT2D eigenvalue weighted by Crippen LogP contribution is 2.22. The molecular weight excluding hydrogens is 258 g/mol. The molecule has 0 bridgehead atoms. The van der Waals surface area contributed by atoms with E-state index in [1.807, 2.05) is 0 Å². The number of benzene rings is 1. The van der Waals surface area contributed by atoms with E-state index in [9.17, 15) is 14.9 Å². The molecule has 0 saturated carbocycles. The van der Waals surface area contributed by atoms with Gasteiger partial charge in [0, 0.05) is 29.5 Å². The van der Waals surface area contributed by atoms with Gasteiger partial charge in [-0.1, -0.05) is 11.6 Å². The van der Waals surface area contributed by atoms with E-state index < -0.39 is 10.6 Å². The lowest BCUT2D eigenvalue weighted by Crippen LogP contribution is -2.22. The quantitative estimate of drug-likeness (QED) is 0.627. The predicted molar refractivity (Wildman–Crippen MR) is 65.7 cm³/mol. The van der Waals surface area contributed by atoms with Crippen molar-refractivity contribution >= 4 is 17.3 Å². The minimum absolute atomic E-state index is 0.0636. The normalized spacial score (nSPS) is 10.3. The van der Waals surface area contributed by atoms with Crippen LogP contribution in [0, 0.1) is 10.1 Å². The summed E-state index contributed by atoms with van der Waals surface area (Å²) in [5, 5.41) is 11.0. The topological polar surface area (TPSA) is 78.0 Å². The van der Waals surface area contributed by atoms with Gasteiger partial charge in [-0.25, -0.2) is 9.78 Å². The largest absolute Gasteiger partial charge is 0.347 e. The van der Waals surface area contributed by atoms with Crippen molar-refractivity contribution in [3.8, 4) is 0 Å². The molecule has 0 spiro atoms. The lowest BCUT2D eigenvalue weighted by atomic mass is 10.2. The number of nitro groups is 1.